The predicted molar refractivity (Wildman–Crippen MR) is 109 cm³/mol. The van der Waals surface area contributed by atoms with Gasteiger partial charge in [0.15, 0.2) is 5.96 Å². The molecule has 0 aliphatic carbocycles. The molecule has 0 unspecified atom stereocenters. The highest BCUT2D eigenvalue weighted by Crippen LogP contribution is 2.18. The van der Waals surface area contributed by atoms with E-state index in [1.165, 1.54) is 0 Å². The molecule has 0 radical (unpaired) electrons. The first-order chi connectivity index (χ1) is 13.2. The number of pyridine rings is 1. The molecule has 2 aromatic rings. The number of anilines is 1. The summed E-state index contributed by atoms with van der Waals surface area (Å²) in [5, 5.41) is 15.9. The van der Waals surface area contributed by atoms with Crippen LogP contribution in [0.5, 0.6) is 0 Å². The fraction of sp³-hybridized carbons (Fsp3) is 0.381. The molecule has 6 nitrogen and oxygen atoms in total. The second-order valence-electron chi connectivity index (χ2n) is 6.78. The van der Waals surface area contributed by atoms with Crippen LogP contribution in [0, 0.1) is 18.3 Å². The van der Waals surface area contributed by atoms with Crippen molar-refractivity contribution in [2.75, 3.05) is 25.0 Å². The van der Waals surface area contributed by atoms with Crippen molar-refractivity contribution in [3.05, 3.63) is 59.3 Å². The Labute approximate surface area is 160 Å². The summed E-state index contributed by atoms with van der Waals surface area (Å²) >= 11 is 0. The minimum Gasteiger partial charge on any atom is -0.356 e. The second-order valence-corrected chi connectivity index (χ2v) is 6.78. The summed E-state index contributed by atoms with van der Waals surface area (Å²) in [6.45, 7) is 4.63. The van der Waals surface area contributed by atoms with E-state index in [1.54, 1.807) is 7.05 Å². The van der Waals surface area contributed by atoms with Crippen LogP contribution in [0.3, 0.4) is 0 Å². The molecule has 1 aromatic carbocycles. The zero-order chi connectivity index (χ0) is 19.1. The summed E-state index contributed by atoms with van der Waals surface area (Å²) in [5.74, 6) is 1.86. The molecular weight excluding hydrogens is 336 g/mol. The summed E-state index contributed by atoms with van der Waals surface area (Å²) in [4.78, 5) is 11.3. The Bertz CT molecular complexity index is 831. The van der Waals surface area contributed by atoms with Crippen molar-refractivity contribution < 1.29 is 0 Å². The molecule has 2 heterocycles. The van der Waals surface area contributed by atoms with Crippen molar-refractivity contribution in [1.29, 1.82) is 5.26 Å². The van der Waals surface area contributed by atoms with Gasteiger partial charge in [0.1, 0.15) is 5.82 Å². The van der Waals surface area contributed by atoms with Gasteiger partial charge in [-0.05, 0) is 49.6 Å². The molecule has 0 saturated carbocycles. The van der Waals surface area contributed by atoms with E-state index in [1.807, 2.05) is 37.3 Å². The quantitative estimate of drug-likeness (QED) is 0.646. The molecule has 2 N–H and O–H groups in total. The van der Waals surface area contributed by atoms with Crippen LogP contribution in [0.2, 0.25) is 0 Å². The smallest absolute Gasteiger partial charge is 0.191 e. The predicted octanol–water partition coefficient (Wildman–Crippen LogP) is 2.60. The standard InChI is InChI=1S/C21H26N6/c1-16-5-3-8-20(25-16)27-11-9-19(10-12-27)26-21(23-2)24-15-18-7-4-6-17(13-18)14-22/h3-8,13,19H,9-12,15H2,1-2H3,(H2,23,24,26). The zero-order valence-electron chi connectivity index (χ0n) is 15.9. The van der Waals surface area contributed by atoms with E-state index in [0.717, 1.165) is 49.0 Å². The van der Waals surface area contributed by atoms with Gasteiger partial charge in [-0.3, -0.25) is 4.99 Å². The van der Waals surface area contributed by atoms with Gasteiger partial charge in [-0.25, -0.2) is 4.98 Å². The van der Waals surface area contributed by atoms with E-state index in [4.69, 9.17) is 5.26 Å². The molecule has 1 aliphatic heterocycles. The molecule has 1 aromatic heterocycles. The van der Waals surface area contributed by atoms with E-state index < -0.39 is 0 Å². The molecular formula is C21H26N6. The molecule has 1 fully saturated rings. The third-order valence-electron chi connectivity index (χ3n) is 4.77. The minimum atomic E-state index is 0.391. The highest BCUT2D eigenvalue weighted by atomic mass is 15.2. The SMILES string of the molecule is CN=C(NCc1cccc(C#N)c1)NC1CCN(c2cccc(C)n2)CC1. The number of hydrogen-bond donors (Lipinski definition) is 2. The Morgan fingerprint density at radius 3 is 2.74 bits per heavy atom. The van der Waals surface area contributed by atoms with Gasteiger partial charge in [0.05, 0.1) is 11.6 Å². The van der Waals surface area contributed by atoms with Crippen LogP contribution in [-0.2, 0) is 6.54 Å². The summed E-state index contributed by atoms with van der Waals surface area (Å²) in [5.41, 5.74) is 2.80. The van der Waals surface area contributed by atoms with Crippen LogP contribution in [0.25, 0.3) is 0 Å². The van der Waals surface area contributed by atoms with Crippen LogP contribution >= 0.6 is 0 Å². The monoisotopic (exact) mass is 362 g/mol. The van der Waals surface area contributed by atoms with Crippen molar-refractivity contribution in [2.24, 2.45) is 4.99 Å². The molecule has 140 valence electrons. The topological polar surface area (TPSA) is 76.3 Å². The number of aromatic nitrogens is 1. The van der Waals surface area contributed by atoms with Crippen LogP contribution < -0.4 is 15.5 Å². The number of guanidine groups is 1. The second kappa shape index (κ2) is 9.04. The first-order valence-electron chi connectivity index (χ1n) is 9.33. The summed E-state index contributed by atoms with van der Waals surface area (Å²) in [6, 6.07) is 16.4. The Hall–Kier alpha value is -3.07. The molecule has 0 atom stereocenters. The highest BCUT2D eigenvalue weighted by Gasteiger charge is 2.20. The summed E-state index contributed by atoms with van der Waals surface area (Å²) in [7, 11) is 1.78. The maximum atomic E-state index is 9.01. The number of rotatable bonds is 4. The lowest BCUT2D eigenvalue weighted by molar-refractivity contribution is 0.459. The number of piperidine rings is 1. The zero-order valence-corrected chi connectivity index (χ0v) is 15.9. The van der Waals surface area contributed by atoms with Gasteiger partial charge in [0.25, 0.3) is 0 Å². The van der Waals surface area contributed by atoms with Crippen molar-refractivity contribution in [3.63, 3.8) is 0 Å². The van der Waals surface area contributed by atoms with Crippen molar-refractivity contribution in [1.82, 2.24) is 15.6 Å². The lowest BCUT2D eigenvalue weighted by Gasteiger charge is -2.34. The Balaban J connectivity index is 1.49. The van der Waals surface area contributed by atoms with Crippen LogP contribution in [0.4, 0.5) is 5.82 Å². The normalized spacial score (nSPS) is 15.3. The lowest BCUT2D eigenvalue weighted by atomic mass is 10.1. The molecule has 1 aliphatic rings. The number of nitrogens with zero attached hydrogens (tertiary/aromatic N) is 4. The number of nitriles is 1. The van der Waals surface area contributed by atoms with Gasteiger partial charge < -0.3 is 15.5 Å². The average molecular weight is 362 g/mol. The maximum absolute atomic E-state index is 9.01. The molecule has 0 bridgehead atoms. The third-order valence-corrected chi connectivity index (χ3v) is 4.77. The van der Waals surface area contributed by atoms with Gasteiger partial charge in [-0.2, -0.15) is 5.26 Å². The number of nitrogens with one attached hydrogen (secondary N) is 2. The van der Waals surface area contributed by atoms with E-state index >= 15 is 0 Å². The molecule has 1 saturated heterocycles. The van der Waals surface area contributed by atoms with Crippen LogP contribution in [-0.4, -0.2) is 37.1 Å². The lowest BCUT2D eigenvalue weighted by Crippen LogP contribution is -2.48. The maximum Gasteiger partial charge on any atom is 0.191 e. The largest absolute Gasteiger partial charge is 0.356 e. The Morgan fingerprint density at radius 1 is 1.26 bits per heavy atom. The minimum absolute atomic E-state index is 0.391. The number of aryl methyl sites for hydroxylation is 1. The summed E-state index contributed by atoms with van der Waals surface area (Å²) < 4.78 is 0. The van der Waals surface area contributed by atoms with E-state index in [0.29, 0.717) is 18.2 Å². The Morgan fingerprint density at radius 2 is 2.04 bits per heavy atom. The third kappa shape index (κ3) is 5.20. The fourth-order valence-electron chi connectivity index (χ4n) is 3.28. The molecule has 0 spiro atoms. The molecule has 0 amide bonds. The average Bonchev–Trinajstić information content (AvgIpc) is 2.71. The molecule has 27 heavy (non-hydrogen) atoms. The number of hydrogen-bond acceptors (Lipinski definition) is 4. The first-order valence-corrected chi connectivity index (χ1v) is 9.33. The van der Waals surface area contributed by atoms with Crippen LogP contribution in [0.15, 0.2) is 47.5 Å². The van der Waals surface area contributed by atoms with Crippen molar-refractivity contribution in [2.45, 2.75) is 32.4 Å². The van der Waals surface area contributed by atoms with E-state index in [2.05, 4.69) is 43.7 Å². The Kier molecular flexibility index (Phi) is 6.26. The number of benzene rings is 1. The van der Waals surface area contributed by atoms with E-state index in [-0.39, 0.29) is 0 Å². The van der Waals surface area contributed by atoms with Gasteiger partial charge in [-0.1, -0.05) is 18.2 Å². The van der Waals surface area contributed by atoms with Gasteiger partial charge in [-0.15, -0.1) is 0 Å². The van der Waals surface area contributed by atoms with Gasteiger partial charge in [0, 0.05) is 38.4 Å². The van der Waals surface area contributed by atoms with Crippen molar-refractivity contribution in [3.8, 4) is 6.07 Å². The first kappa shape index (κ1) is 18.7. The van der Waals surface area contributed by atoms with Crippen molar-refractivity contribution >= 4 is 11.8 Å². The summed E-state index contributed by atoms with van der Waals surface area (Å²) in [6.07, 6.45) is 2.08. The number of aliphatic imine (C=N–C) groups is 1. The molecule has 3 rings (SSSR count). The van der Waals surface area contributed by atoms with Gasteiger partial charge in [0.2, 0.25) is 0 Å². The fourth-order valence-corrected chi connectivity index (χ4v) is 3.28. The van der Waals surface area contributed by atoms with Crippen LogP contribution in [0.1, 0.15) is 29.7 Å². The van der Waals surface area contributed by atoms with Gasteiger partial charge >= 0.3 is 0 Å². The molecule has 6 heteroatoms. The highest BCUT2D eigenvalue weighted by molar-refractivity contribution is 5.80. The van der Waals surface area contributed by atoms with E-state index in [9.17, 15) is 0 Å².